The van der Waals surface area contributed by atoms with Crippen molar-refractivity contribution in [1.82, 2.24) is 20.5 Å². The second-order valence-corrected chi connectivity index (χ2v) is 12.1. The molecule has 1 aliphatic heterocycles. The topological polar surface area (TPSA) is 92.8 Å². The zero-order valence-corrected chi connectivity index (χ0v) is 23.4. The van der Waals surface area contributed by atoms with E-state index in [0.717, 1.165) is 62.5 Å². The molecule has 1 saturated carbocycles. The third-order valence-corrected chi connectivity index (χ3v) is 7.69. The number of hydrogen-bond acceptors (Lipinski definition) is 6. The summed E-state index contributed by atoms with van der Waals surface area (Å²) in [6.07, 6.45) is 6.01. The number of carbonyl (C=O) groups excluding carboxylic acids is 2. The maximum absolute atomic E-state index is 13.3. The lowest BCUT2D eigenvalue weighted by Crippen LogP contribution is -2.37. The van der Waals surface area contributed by atoms with Crippen LogP contribution in [0.5, 0.6) is 5.88 Å². The van der Waals surface area contributed by atoms with Gasteiger partial charge in [0, 0.05) is 24.5 Å². The monoisotopic (exact) mass is 524 g/mol. The lowest BCUT2D eigenvalue weighted by molar-refractivity contribution is 0.0512. The van der Waals surface area contributed by atoms with Crippen LogP contribution in [0.4, 0.5) is 4.79 Å². The summed E-state index contributed by atoms with van der Waals surface area (Å²) in [6.45, 7) is 9.70. The molecule has 2 aromatic rings. The molecule has 2 N–H and O–H groups in total. The van der Waals surface area contributed by atoms with E-state index in [9.17, 15) is 9.59 Å². The number of ether oxygens (including phenoxy) is 2. The molecule has 2 aliphatic rings. The molecule has 8 heteroatoms. The number of fused-ring (bicyclic) bond motifs is 1. The van der Waals surface area contributed by atoms with Gasteiger partial charge in [0.05, 0.1) is 17.7 Å². The molecule has 8 nitrogen and oxygen atoms in total. The number of benzene rings is 1. The molecule has 1 saturated heterocycles. The summed E-state index contributed by atoms with van der Waals surface area (Å²) >= 11 is 0. The number of hydrogen-bond donors (Lipinski definition) is 2. The van der Waals surface area contributed by atoms with Crippen molar-refractivity contribution in [2.24, 2.45) is 17.8 Å². The molecule has 2 amide bonds. The molecule has 1 aromatic heterocycles. The molecule has 1 aromatic carbocycles. The molecular weight excluding hydrogens is 480 g/mol. The molecule has 0 spiro atoms. The highest BCUT2D eigenvalue weighted by Gasteiger charge is 2.24. The normalized spacial score (nSPS) is 21.2. The van der Waals surface area contributed by atoms with Crippen molar-refractivity contribution in [3.63, 3.8) is 0 Å². The first-order valence-electron chi connectivity index (χ1n) is 14.1. The second kappa shape index (κ2) is 12.8. The van der Waals surface area contributed by atoms with Gasteiger partial charge >= 0.3 is 6.09 Å². The highest BCUT2D eigenvalue weighted by Crippen LogP contribution is 2.29. The van der Waals surface area contributed by atoms with Gasteiger partial charge in [0.25, 0.3) is 5.91 Å². The highest BCUT2D eigenvalue weighted by atomic mass is 16.6. The standard InChI is InChI=1S/C30H44N4O4/c1-30(2,3)38-29(36)32-19-22-11-9-21(10-12-22)18-31-28(35)25-17-27(33-26-8-6-5-7-24(25)26)37-20-23-13-15-34(4)16-14-23/h5-8,17,21-23H,9-16,18-20H2,1-4H3,(H,31,35)(H,32,36). The molecular formula is C30H44N4O4. The van der Waals surface area contributed by atoms with E-state index in [-0.39, 0.29) is 12.0 Å². The molecule has 0 radical (unpaired) electrons. The van der Waals surface area contributed by atoms with E-state index in [4.69, 9.17) is 9.47 Å². The zero-order valence-electron chi connectivity index (χ0n) is 23.4. The first-order valence-corrected chi connectivity index (χ1v) is 14.1. The Morgan fingerprint density at radius 1 is 0.947 bits per heavy atom. The van der Waals surface area contributed by atoms with Gasteiger partial charge < -0.3 is 25.0 Å². The van der Waals surface area contributed by atoms with Crippen LogP contribution in [0.25, 0.3) is 10.9 Å². The largest absolute Gasteiger partial charge is 0.477 e. The van der Waals surface area contributed by atoms with Gasteiger partial charge in [0.2, 0.25) is 5.88 Å². The van der Waals surface area contributed by atoms with Gasteiger partial charge in [0.15, 0.2) is 0 Å². The maximum atomic E-state index is 13.3. The maximum Gasteiger partial charge on any atom is 0.407 e. The van der Waals surface area contributed by atoms with Crippen LogP contribution in [-0.4, -0.2) is 67.3 Å². The Hall–Kier alpha value is -2.87. The fourth-order valence-corrected chi connectivity index (χ4v) is 5.36. The summed E-state index contributed by atoms with van der Waals surface area (Å²) in [4.78, 5) is 32.2. The van der Waals surface area contributed by atoms with Crippen molar-refractivity contribution in [2.75, 3.05) is 39.8 Å². The number of piperidine rings is 1. The molecule has 38 heavy (non-hydrogen) atoms. The van der Waals surface area contributed by atoms with Crippen molar-refractivity contribution < 1.29 is 19.1 Å². The minimum Gasteiger partial charge on any atom is -0.477 e. The number of pyridine rings is 1. The van der Waals surface area contributed by atoms with Crippen LogP contribution >= 0.6 is 0 Å². The van der Waals surface area contributed by atoms with Gasteiger partial charge in [-0.2, -0.15) is 0 Å². The number of amides is 2. The summed E-state index contributed by atoms with van der Waals surface area (Å²) in [5.41, 5.74) is 0.903. The average Bonchev–Trinajstić information content (AvgIpc) is 2.89. The van der Waals surface area contributed by atoms with E-state index in [1.165, 1.54) is 0 Å². The number of alkyl carbamates (subject to hydrolysis) is 1. The number of nitrogens with zero attached hydrogens (tertiary/aromatic N) is 2. The molecule has 208 valence electrons. The number of rotatable bonds is 8. The predicted octanol–water partition coefficient (Wildman–Crippen LogP) is 5.02. The van der Waals surface area contributed by atoms with Crippen LogP contribution in [0.3, 0.4) is 0 Å². The van der Waals surface area contributed by atoms with Crippen LogP contribution in [0, 0.1) is 17.8 Å². The SMILES string of the molecule is CN1CCC(COc2cc(C(=O)NCC3CCC(CNC(=O)OC(C)(C)C)CC3)c3ccccc3n2)CC1. The lowest BCUT2D eigenvalue weighted by atomic mass is 9.82. The lowest BCUT2D eigenvalue weighted by Gasteiger charge is -2.29. The third-order valence-electron chi connectivity index (χ3n) is 7.69. The Bertz CT molecular complexity index is 1080. The predicted molar refractivity (Wildman–Crippen MR) is 149 cm³/mol. The zero-order chi connectivity index (χ0) is 27.1. The molecule has 2 fully saturated rings. The molecule has 0 bridgehead atoms. The van der Waals surface area contributed by atoms with E-state index in [2.05, 4.69) is 27.6 Å². The van der Waals surface area contributed by atoms with Crippen LogP contribution in [0.2, 0.25) is 0 Å². The number of nitrogens with one attached hydrogen (secondary N) is 2. The fraction of sp³-hybridized carbons (Fsp3) is 0.633. The fourth-order valence-electron chi connectivity index (χ4n) is 5.36. The minimum atomic E-state index is -0.486. The quantitative estimate of drug-likeness (QED) is 0.504. The second-order valence-electron chi connectivity index (χ2n) is 12.1. The van der Waals surface area contributed by atoms with Gasteiger partial charge in [-0.15, -0.1) is 0 Å². The van der Waals surface area contributed by atoms with Crippen molar-refractivity contribution in [1.29, 1.82) is 0 Å². The summed E-state index contributed by atoms with van der Waals surface area (Å²) < 4.78 is 11.4. The molecule has 2 heterocycles. The van der Waals surface area contributed by atoms with Crippen LogP contribution in [-0.2, 0) is 4.74 Å². The van der Waals surface area contributed by atoms with Gasteiger partial charge in [-0.05, 0) is 103 Å². The van der Waals surface area contributed by atoms with Crippen LogP contribution < -0.4 is 15.4 Å². The first kappa shape index (κ1) is 28.1. The van der Waals surface area contributed by atoms with E-state index in [1.54, 1.807) is 6.07 Å². The van der Waals surface area contributed by atoms with Gasteiger partial charge in [-0.3, -0.25) is 4.79 Å². The third kappa shape index (κ3) is 8.32. The van der Waals surface area contributed by atoms with Crippen LogP contribution in [0.1, 0.15) is 69.7 Å². The van der Waals surface area contributed by atoms with Crippen LogP contribution in [0.15, 0.2) is 30.3 Å². The Morgan fingerprint density at radius 2 is 1.58 bits per heavy atom. The van der Waals surface area contributed by atoms with E-state index in [1.807, 2.05) is 45.0 Å². The van der Waals surface area contributed by atoms with Crippen molar-refractivity contribution in [3.05, 3.63) is 35.9 Å². The molecule has 0 atom stereocenters. The van der Waals surface area contributed by atoms with E-state index in [0.29, 0.717) is 48.9 Å². The number of carbonyl (C=O) groups is 2. The van der Waals surface area contributed by atoms with Gasteiger partial charge in [-0.25, -0.2) is 9.78 Å². The van der Waals surface area contributed by atoms with E-state index >= 15 is 0 Å². The average molecular weight is 525 g/mol. The number of para-hydroxylation sites is 1. The van der Waals surface area contributed by atoms with Crippen molar-refractivity contribution >= 4 is 22.9 Å². The smallest absolute Gasteiger partial charge is 0.407 e. The van der Waals surface area contributed by atoms with Gasteiger partial charge in [-0.1, -0.05) is 18.2 Å². The Morgan fingerprint density at radius 3 is 2.24 bits per heavy atom. The minimum absolute atomic E-state index is 0.0820. The highest BCUT2D eigenvalue weighted by molar-refractivity contribution is 6.06. The van der Waals surface area contributed by atoms with E-state index < -0.39 is 5.60 Å². The summed E-state index contributed by atoms with van der Waals surface area (Å²) in [5, 5.41) is 6.91. The first-order chi connectivity index (χ1) is 18.2. The Labute approximate surface area is 226 Å². The molecule has 4 rings (SSSR count). The Kier molecular flexibility index (Phi) is 9.47. The summed E-state index contributed by atoms with van der Waals surface area (Å²) in [7, 11) is 2.16. The number of likely N-dealkylation sites (tertiary alicyclic amines) is 1. The van der Waals surface area contributed by atoms with Crippen molar-refractivity contribution in [3.8, 4) is 5.88 Å². The number of aromatic nitrogens is 1. The summed E-state index contributed by atoms with van der Waals surface area (Å²) in [6, 6.07) is 9.55. The molecule has 0 unspecified atom stereocenters. The van der Waals surface area contributed by atoms with Crippen molar-refractivity contribution in [2.45, 2.75) is 64.9 Å². The molecule has 1 aliphatic carbocycles. The van der Waals surface area contributed by atoms with Gasteiger partial charge in [0.1, 0.15) is 5.60 Å². The summed E-state index contributed by atoms with van der Waals surface area (Å²) in [5.74, 6) is 1.84. The Balaban J connectivity index is 1.28.